The van der Waals surface area contributed by atoms with E-state index in [2.05, 4.69) is 43.6 Å². The molecule has 1 aromatic rings. The topological polar surface area (TPSA) is 32.3 Å². The van der Waals surface area contributed by atoms with Crippen molar-refractivity contribution in [3.05, 3.63) is 22.4 Å². The zero-order valence-electron chi connectivity index (χ0n) is 12.4. The Bertz CT molecular complexity index is 376. The van der Waals surface area contributed by atoms with E-state index in [9.17, 15) is 5.11 Å². The van der Waals surface area contributed by atoms with Crippen molar-refractivity contribution in [1.82, 2.24) is 5.32 Å². The maximum Gasteiger partial charge on any atom is 0.0774 e. The summed E-state index contributed by atoms with van der Waals surface area (Å²) in [5.74, 6) is 1.20. The number of thiophene rings is 1. The smallest absolute Gasteiger partial charge is 0.0774 e. The molecule has 1 aliphatic rings. The maximum absolute atomic E-state index is 10.7. The van der Waals surface area contributed by atoms with Gasteiger partial charge in [0.2, 0.25) is 0 Å². The van der Waals surface area contributed by atoms with Crippen molar-refractivity contribution in [2.45, 2.75) is 58.1 Å². The number of aliphatic hydroxyl groups is 1. The summed E-state index contributed by atoms with van der Waals surface area (Å²) < 4.78 is 0. The van der Waals surface area contributed by atoms with Gasteiger partial charge in [0.05, 0.1) is 5.60 Å². The van der Waals surface area contributed by atoms with E-state index >= 15 is 0 Å². The van der Waals surface area contributed by atoms with E-state index < -0.39 is 5.60 Å². The van der Waals surface area contributed by atoms with Crippen LogP contribution < -0.4 is 5.32 Å². The van der Waals surface area contributed by atoms with Gasteiger partial charge in [-0.05, 0) is 36.1 Å². The van der Waals surface area contributed by atoms with Crippen LogP contribution in [0.2, 0.25) is 0 Å². The molecule has 3 heteroatoms. The molecule has 1 fully saturated rings. The quantitative estimate of drug-likeness (QED) is 0.855. The van der Waals surface area contributed by atoms with Crippen molar-refractivity contribution in [2.24, 2.45) is 11.8 Å². The van der Waals surface area contributed by atoms with Crippen molar-refractivity contribution in [1.29, 1.82) is 0 Å². The van der Waals surface area contributed by atoms with Crippen LogP contribution in [0.1, 0.15) is 57.4 Å². The molecule has 0 aromatic carbocycles. The highest BCUT2D eigenvalue weighted by atomic mass is 32.1. The minimum absolute atomic E-state index is 0.362. The first-order chi connectivity index (χ1) is 9.00. The fraction of sp³-hybridized carbons (Fsp3) is 0.750. The highest BCUT2D eigenvalue weighted by Crippen LogP contribution is 2.33. The van der Waals surface area contributed by atoms with Gasteiger partial charge in [-0.1, -0.05) is 39.7 Å². The molecule has 0 bridgehead atoms. The Hall–Kier alpha value is -0.380. The summed E-state index contributed by atoms with van der Waals surface area (Å²) >= 11 is 1.80. The molecule has 1 aromatic heterocycles. The van der Waals surface area contributed by atoms with Crippen LogP contribution in [0.15, 0.2) is 17.5 Å². The van der Waals surface area contributed by atoms with Crippen LogP contribution in [0.25, 0.3) is 0 Å². The predicted molar refractivity (Wildman–Crippen MR) is 82.5 cm³/mol. The third-order valence-corrected chi connectivity index (χ3v) is 5.19. The van der Waals surface area contributed by atoms with Gasteiger partial charge >= 0.3 is 0 Å². The second-order valence-corrected chi connectivity index (χ2v) is 7.52. The van der Waals surface area contributed by atoms with Crippen molar-refractivity contribution in [2.75, 3.05) is 6.54 Å². The Morgan fingerprint density at radius 1 is 1.53 bits per heavy atom. The Balaban J connectivity index is 1.95. The number of hydrogen-bond acceptors (Lipinski definition) is 3. The molecule has 2 N–H and O–H groups in total. The molecule has 2 nitrogen and oxygen atoms in total. The lowest BCUT2D eigenvalue weighted by atomic mass is 9.78. The second kappa shape index (κ2) is 6.38. The van der Waals surface area contributed by atoms with Crippen LogP contribution in [-0.4, -0.2) is 17.3 Å². The largest absolute Gasteiger partial charge is 0.389 e. The minimum atomic E-state index is -0.498. The molecule has 19 heavy (non-hydrogen) atoms. The van der Waals surface area contributed by atoms with Gasteiger partial charge in [0.15, 0.2) is 0 Å². The maximum atomic E-state index is 10.7. The molecule has 1 saturated carbocycles. The third-order valence-electron chi connectivity index (χ3n) is 4.23. The first kappa shape index (κ1) is 15.0. The van der Waals surface area contributed by atoms with E-state index in [0.717, 1.165) is 25.8 Å². The molecule has 0 aliphatic heterocycles. The van der Waals surface area contributed by atoms with Crippen LogP contribution >= 0.6 is 11.3 Å². The average molecular weight is 281 g/mol. The summed E-state index contributed by atoms with van der Waals surface area (Å²) in [7, 11) is 0. The molecule has 1 aliphatic carbocycles. The van der Waals surface area contributed by atoms with Crippen molar-refractivity contribution in [3.8, 4) is 0 Å². The highest BCUT2D eigenvalue weighted by Gasteiger charge is 2.33. The van der Waals surface area contributed by atoms with Crippen LogP contribution in [0.5, 0.6) is 0 Å². The van der Waals surface area contributed by atoms with Crippen LogP contribution in [-0.2, 0) is 0 Å². The lowest BCUT2D eigenvalue weighted by molar-refractivity contribution is -0.0147. The molecule has 0 saturated heterocycles. The fourth-order valence-electron chi connectivity index (χ4n) is 3.23. The van der Waals surface area contributed by atoms with Gasteiger partial charge in [0, 0.05) is 17.5 Å². The van der Waals surface area contributed by atoms with Crippen molar-refractivity contribution < 1.29 is 5.11 Å². The standard InChI is InChI=1S/C16H27NOS/c1-12(2)15(14-7-5-9-19-14)17-11-16(18)8-4-6-13(3)10-16/h5,7,9,12-13,15,17-18H,4,6,8,10-11H2,1-3H3. The van der Waals surface area contributed by atoms with E-state index in [1.807, 2.05) is 0 Å². The molecule has 2 rings (SSSR count). The average Bonchev–Trinajstić information content (AvgIpc) is 2.81. The van der Waals surface area contributed by atoms with Crippen LogP contribution in [0.4, 0.5) is 0 Å². The molecule has 0 spiro atoms. The van der Waals surface area contributed by atoms with Gasteiger partial charge in [0.25, 0.3) is 0 Å². The van der Waals surface area contributed by atoms with Crippen molar-refractivity contribution >= 4 is 11.3 Å². The molecule has 3 atom stereocenters. The summed E-state index contributed by atoms with van der Waals surface area (Å²) in [6, 6.07) is 4.66. The fourth-order valence-corrected chi connectivity index (χ4v) is 4.20. The summed E-state index contributed by atoms with van der Waals surface area (Å²) in [5, 5.41) is 16.5. The Morgan fingerprint density at radius 2 is 2.32 bits per heavy atom. The lowest BCUT2D eigenvalue weighted by Crippen LogP contribution is -2.45. The summed E-state index contributed by atoms with van der Waals surface area (Å²) in [5.41, 5.74) is -0.498. The van der Waals surface area contributed by atoms with E-state index in [-0.39, 0.29) is 0 Å². The zero-order chi connectivity index (χ0) is 13.9. The van der Waals surface area contributed by atoms with E-state index in [1.165, 1.54) is 11.3 Å². The predicted octanol–water partition coefficient (Wildman–Crippen LogP) is 3.98. The van der Waals surface area contributed by atoms with Gasteiger partial charge in [-0.2, -0.15) is 0 Å². The Morgan fingerprint density at radius 3 is 2.89 bits per heavy atom. The number of hydrogen-bond donors (Lipinski definition) is 2. The van der Waals surface area contributed by atoms with E-state index in [0.29, 0.717) is 17.9 Å². The van der Waals surface area contributed by atoms with Crippen molar-refractivity contribution in [3.63, 3.8) is 0 Å². The van der Waals surface area contributed by atoms with Crippen LogP contribution in [0.3, 0.4) is 0 Å². The molecule has 0 radical (unpaired) electrons. The Labute approximate surface area is 121 Å². The van der Waals surface area contributed by atoms with Gasteiger partial charge in [-0.25, -0.2) is 0 Å². The SMILES string of the molecule is CC1CCCC(O)(CNC(c2cccs2)C(C)C)C1. The second-order valence-electron chi connectivity index (χ2n) is 6.54. The molecule has 108 valence electrons. The minimum Gasteiger partial charge on any atom is -0.389 e. The van der Waals surface area contributed by atoms with E-state index in [4.69, 9.17) is 0 Å². The lowest BCUT2D eigenvalue weighted by Gasteiger charge is -2.37. The summed E-state index contributed by atoms with van der Waals surface area (Å²) in [6.45, 7) is 7.46. The molecular weight excluding hydrogens is 254 g/mol. The summed E-state index contributed by atoms with van der Waals surface area (Å²) in [4.78, 5) is 1.38. The third kappa shape index (κ3) is 4.04. The highest BCUT2D eigenvalue weighted by molar-refractivity contribution is 7.10. The molecule has 0 amide bonds. The first-order valence-electron chi connectivity index (χ1n) is 7.49. The van der Waals surface area contributed by atoms with Gasteiger partial charge < -0.3 is 10.4 Å². The number of nitrogens with one attached hydrogen (secondary N) is 1. The summed E-state index contributed by atoms with van der Waals surface area (Å²) in [6.07, 6.45) is 4.31. The molecule has 1 heterocycles. The Kier molecular flexibility index (Phi) is 5.04. The molecular formula is C16H27NOS. The number of rotatable bonds is 5. The van der Waals surface area contributed by atoms with Gasteiger partial charge in [-0.3, -0.25) is 0 Å². The first-order valence-corrected chi connectivity index (χ1v) is 8.37. The molecule has 3 unspecified atom stereocenters. The van der Waals surface area contributed by atoms with Gasteiger partial charge in [0.1, 0.15) is 0 Å². The van der Waals surface area contributed by atoms with Gasteiger partial charge in [-0.15, -0.1) is 11.3 Å². The zero-order valence-corrected chi connectivity index (χ0v) is 13.2. The van der Waals surface area contributed by atoms with Crippen LogP contribution in [0, 0.1) is 11.8 Å². The monoisotopic (exact) mass is 281 g/mol. The van der Waals surface area contributed by atoms with E-state index in [1.54, 1.807) is 11.3 Å². The normalized spacial score (nSPS) is 29.6.